The van der Waals surface area contributed by atoms with Crippen LogP contribution in [0.15, 0.2) is 48.5 Å². The van der Waals surface area contributed by atoms with Gasteiger partial charge in [-0.05, 0) is 50.1 Å². The average Bonchev–Trinajstić information content (AvgIpc) is 3.08. The van der Waals surface area contributed by atoms with Crippen LogP contribution in [-0.4, -0.2) is 34.0 Å². The largest absolute Gasteiger partial charge is 0.349 e. The van der Waals surface area contributed by atoms with E-state index in [2.05, 4.69) is 39.1 Å². The first kappa shape index (κ1) is 20.0. The zero-order valence-corrected chi connectivity index (χ0v) is 16.8. The van der Waals surface area contributed by atoms with Crippen LogP contribution in [0.4, 0.5) is 0 Å². The number of fused-ring (bicyclic) bond motifs is 1. The summed E-state index contributed by atoms with van der Waals surface area (Å²) in [5.74, 6) is -0.198. The van der Waals surface area contributed by atoms with Crippen molar-refractivity contribution >= 4 is 18.3 Å². The fourth-order valence-corrected chi connectivity index (χ4v) is 3.52. The van der Waals surface area contributed by atoms with E-state index < -0.39 is 0 Å². The SMILES string of the molecule is Cc1ccc(-n2nnc(C(=O)NCC3NCCc4ccccc43)c2C)cc1.Cl. The molecule has 1 aliphatic heterocycles. The molecule has 1 aliphatic rings. The second-order valence-corrected chi connectivity index (χ2v) is 6.94. The predicted octanol–water partition coefficient (Wildman–Crippen LogP) is 2.92. The minimum atomic E-state index is -0.198. The Hall–Kier alpha value is -2.70. The summed E-state index contributed by atoms with van der Waals surface area (Å²) in [6.07, 6.45) is 1.02. The number of aromatic nitrogens is 3. The lowest BCUT2D eigenvalue weighted by Gasteiger charge is -2.27. The Labute approximate surface area is 170 Å². The Kier molecular flexibility index (Phi) is 6.11. The Morgan fingerprint density at radius 2 is 1.93 bits per heavy atom. The molecular weight excluding hydrogens is 374 g/mol. The van der Waals surface area contributed by atoms with Gasteiger partial charge in [0.25, 0.3) is 5.91 Å². The van der Waals surface area contributed by atoms with Crippen LogP contribution < -0.4 is 10.6 Å². The topological polar surface area (TPSA) is 71.8 Å². The first-order valence-electron chi connectivity index (χ1n) is 9.22. The Balaban J connectivity index is 0.00000225. The molecule has 28 heavy (non-hydrogen) atoms. The molecule has 1 amide bonds. The number of hydrogen-bond acceptors (Lipinski definition) is 4. The Morgan fingerprint density at radius 1 is 1.18 bits per heavy atom. The fourth-order valence-electron chi connectivity index (χ4n) is 3.52. The zero-order valence-electron chi connectivity index (χ0n) is 16.0. The van der Waals surface area contributed by atoms with Gasteiger partial charge in [-0.25, -0.2) is 4.68 Å². The lowest BCUT2D eigenvalue weighted by Crippen LogP contribution is -2.39. The van der Waals surface area contributed by atoms with Crippen LogP contribution in [0.1, 0.15) is 38.9 Å². The summed E-state index contributed by atoms with van der Waals surface area (Å²) in [5, 5.41) is 14.7. The molecule has 2 N–H and O–H groups in total. The van der Waals surface area contributed by atoms with E-state index in [1.165, 1.54) is 16.7 Å². The highest BCUT2D eigenvalue weighted by molar-refractivity contribution is 5.93. The van der Waals surface area contributed by atoms with Crippen LogP contribution in [0.5, 0.6) is 0 Å². The summed E-state index contributed by atoms with van der Waals surface area (Å²) >= 11 is 0. The quantitative estimate of drug-likeness (QED) is 0.710. The number of nitrogens with zero attached hydrogens (tertiary/aromatic N) is 3. The van der Waals surface area contributed by atoms with Gasteiger partial charge >= 0.3 is 0 Å². The molecule has 146 valence electrons. The minimum absolute atomic E-state index is 0. The minimum Gasteiger partial charge on any atom is -0.349 e. The summed E-state index contributed by atoms with van der Waals surface area (Å²) in [6, 6.07) is 16.5. The van der Waals surface area contributed by atoms with Crippen LogP contribution in [0, 0.1) is 13.8 Å². The summed E-state index contributed by atoms with van der Waals surface area (Å²) in [7, 11) is 0. The van der Waals surface area contributed by atoms with E-state index in [4.69, 9.17) is 0 Å². The van der Waals surface area contributed by atoms with Gasteiger partial charge in [-0.2, -0.15) is 0 Å². The van der Waals surface area contributed by atoms with Crippen LogP contribution in [0.2, 0.25) is 0 Å². The van der Waals surface area contributed by atoms with Gasteiger partial charge in [-0.1, -0.05) is 47.2 Å². The molecule has 1 unspecified atom stereocenters. The van der Waals surface area contributed by atoms with Crippen molar-refractivity contribution in [2.75, 3.05) is 13.1 Å². The normalized spacial score (nSPS) is 15.4. The summed E-state index contributed by atoms with van der Waals surface area (Å²) in [5.41, 5.74) is 5.76. The van der Waals surface area contributed by atoms with Gasteiger partial charge in [-0.15, -0.1) is 17.5 Å². The fraction of sp³-hybridized carbons (Fsp3) is 0.286. The van der Waals surface area contributed by atoms with E-state index in [1.807, 2.05) is 44.2 Å². The van der Waals surface area contributed by atoms with Gasteiger partial charge in [0.05, 0.1) is 11.4 Å². The molecule has 4 rings (SSSR count). The van der Waals surface area contributed by atoms with Crippen molar-refractivity contribution in [2.45, 2.75) is 26.3 Å². The third-order valence-electron chi connectivity index (χ3n) is 5.07. The number of rotatable bonds is 4. The number of carbonyl (C=O) groups is 1. The van der Waals surface area contributed by atoms with E-state index in [0.717, 1.165) is 24.3 Å². The molecule has 2 aromatic carbocycles. The maximum atomic E-state index is 12.7. The van der Waals surface area contributed by atoms with Crippen LogP contribution in [0.3, 0.4) is 0 Å². The standard InChI is InChI=1S/C21H23N5O.ClH/c1-14-7-9-17(10-8-14)26-15(2)20(24-25-26)21(27)23-13-19-18-6-4-3-5-16(18)11-12-22-19;/h3-10,19,22H,11-13H2,1-2H3,(H,23,27);1H. The van der Waals surface area contributed by atoms with Gasteiger partial charge in [0, 0.05) is 12.6 Å². The highest BCUT2D eigenvalue weighted by Crippen LogP contribution is 2.22. The van der Waals surface area contributed by atoms with E-state index >= 15 is 0 Å². The number of benzene rings is 2. The zero-order chi connectivity index (χ0) is 18.8. The number of aryl methyl sites for hydroxylation is 1. The Morgan fingerprint density at radius 3 is 2.71 bits per heavy atom. The number of amides is 1. The predicted molar refractivity (Wildman–Crippen MR) is 111 cm³/mol. The van der Waals surface area contributed by atoms with Crippen LogP contribution in [0.25, 0.3) is 5.69 Å². The number of halogens is 1. The molecule has 6 nitrogen and oxygen atoms in total. The van der Waals surface area contributed by atoms with Crippen molar-refractivity contribution in [1.82, 2.24) is 25.6 Å². The second kappa shape index (κ2) is 8.54. The van der Waals surface area contributed by atoms with E-state index in [0.29, 0.717) is 12.2 Å². The van der Waals surface area contributed by atoms with Gasteiger partial charge in [0.15, 0.2) is 5.69 Å². The van der Waals surface area contributed by atoms with E-state index in [1.54, 1.807) is 4.68 Å². The molecule has 0 aliphatic carbocycles. The van der Waals surface area contributed by atoms with Crippen molar-refractivity contribution in [3.8, 4) is 5.69 Å². The first-order chi connectivity index (χ1) is 13.1. The van der Waals surface area contributed by atoms with Gasteiger partial charge in [0.2, 0.25) is 0 Å². The highest BCUT2D eigenvalue weighted by Gasteiger charge is 2.22. The number of carbonyl (C=O) groups excluding carboxylic acids is 1. The number of hydrogen-bond donors (Lipinski definition) is 2. The first-order valence-corrected chi connectivity index (χ1v) is 9.22. The van der Waals surface area contributed by atoms with Crippen molar-refractivity contribution < 1.29 is 4.79 Å². The molecule has 3 aromatic rings. The molecular formula is C21H24ClN5O. The monoisotopic (exact) mass is 397 g/mol. The molecule has 0 radical (unpaired) electrons. The molecule has 0 saturated carbocycles. The van der Waals surface area contributed by atoms with Gasteiger partial charge < -0.3 is 10.6 Å². The third-order valence-corrected chi connectivity index (χ3v) is 5.07. The highest BCUT2D eigenvalue weighted by atomic mass is 35.5. The van der Waals surface area contributed by atoms with Gasteiger partial charge in [0.1, 0.15) is 0 Å². The average molecular weight is 398 g/mol. The van der Waals surface area contributed by atoms with Crippen molar-refractivity contribution in [3.63, 3.8) is 0 Å². The summed E-state index contributed by atoms with van der Waals surface area (Å²) in [4.78, 5) is 12.7. The van der Waals surface area contributed by atoms with Crippen LogP contribution >= 0.6 is 12.4 Å². The molecule has 2 heterocycles. The van der Waals surface area contributed by atoms with E-state index in [9.17, 15) is 4.79 Å². The summed E-state index contributed by atoms with van der Waals surface area (Å²) in [6.45, 7) is 5.34. The third kappa shape index (κ3) is 3.93. The lowest BCUT2D eigenvalue weighted by atomic mass is 9.94. The molecule has 0 saturated heterocycles. The maximum absolute atomic E-state index is 12.7. The smallest absolute Gasteiger partial charge is 0.273 e. The van der Waals surface area contributed by atoms with Crippen molar-refractivity contribution in [1.29, 1.82) is 0 Å². The van der Waals surface area contributed by atoms with Crippen molar-refractivity contribution in [2.24, 2.45) is 0 Å². The molecule has 1 aromatic heterocycles. The van der Waals surface area contributed by atoms with E-state index in [-0.39, 0.29) is 24.4 Å². The molecule has 0 bridgehead atoms. The summed E-state index contributed by atoms with van der Waals surface area (Å²) < 4.78 is 1.70. The molecule has 0 fully saturated rings. The molecule has 7 heteroatoms. The van der Waals surface area contributed by atoms with Gasteiger partial charge in [-0.3, -0.25) is 4.79 Å². The van der Waals surface area contributed by atoms with Crippen LogP contribution in [-0.2, 0) is 6.42 Å². The maximum Gasteiger partial charge on any atom is 0.273 e. The van der Waals surface area contributed by atoms with Crippen molar-refractivity contribution in [3.05, 3.63) is 76.6 Å². The molecule has 0 spiro atoms. The second-order valence-electron chi connectivity index (χ2n) is 6.94. The number of nitrogens with one attached hydrogen (secondary N) is 2. The Bertz CT molecular complexity index is 967. The molecule has 1 atom stereocenters. The lowest BCUT2D eigenvalue weighted by molar-refractivity contribution is 0.0943.